The Balaban J connectivity index is 0.00000300. The zero-order valence-corrected chi connectivity index (χ0v) is 20.9. The molecule has 2 aliphatic rings. The minimum atomic E-state index is 0. The van der Waals surface area contributed by atoms with E-state index in [1.54, 1.807) is 0 Å². The standard InChI is InChI=1S/C21H35N5OS.HI/c1-3-18-8-9-19(28-18)16-24-21(22-2)23-10-11-25-12-14-26(15-13-25)20(27)17-6-4-5-7-17;/h8-9,17H,3-7,10-16H2,1-2H3,(H2,22,23,24);1H. The molecule has 29 heavy (non-hydrogen) atoms. The lowest BCUT2D eigenvalue weighted by Gasteiger charge is -2.36. The summed E-state index contributed by atoms with van der Waals surface area (Å²) in [7, 11) is 1.81. The van der Waals surface area contributed by atoms with Gasteiger partial charge in [0, 0.05) is 62.0 Å². The Kier molecular flexibility index (Phi) is 10.7. The van der Waals surface area contributed by atoms with Crippen molar-refractivity contribution in [2.45, 2.75) is 45.6 Å². The molecule has 2 fully saturated rings. The summed E-state index contributed by atoms with van der Waals surface area (Å²) in [5.74, 6) is 1.56. The van der Waals surface area contributed by atoms with E-state index in [1.807, 2.05) is 18.4 Å². The van der Waals surface area contributed by atoms with Crippen LogP contribution in [0.25, 0.3) is 0 Å². The fourth-order valence-electron chi connectivity index (χ4n) is 4.05. The highest BCUT2D eigenvalue weighted by molar-refractivity contribution is 14.0. The third kappa shape index (κ3) is 7.40. The topological polar surface area (TPSA) is 60.0 Å². The molecule has 6 nitrogen and oxygen atoms in total. The van der Waals surface area contributed by atoms with Crippen LogP contribution in [0.15, 0.2) is 17.1 Å². The van der Waals surface area contributed by atoms with Gasteiger partial charge in [0.15, 0.2) is 5.96 Å². The minimum Gasteiger partial charge on any atom is -0.355 e. The number of hydrogen-bond acceptors (Lipinski definition) is 4. The number of nitrogens with zero attached hydrogens (tertiary/aromatic N) is 3. The first-order valence-electron chi connectivity index (χ1n) is 10.7. The Morgan fingerprint density at radius 1 is 1.14 bits per heavy atom. The van der Waals surface area contributed by atoms with Crippen LogP contribution in [0.5, 0.6) is 0 Å². The Labute approximate surface area is 196 Å². The molecule has 0 aromatic carbocycles. The molecule has 0 spiro atoms. The number of piperazine rings is 1. The SMILES string of the molecule is CCc1ccc(CNC(=NC)NCCN2CCN(C(=O)C3CCCC3)CC2)s1.I. The summed E-state index contributed by atoms with van der Waals surface area (Å²) in [6, 6.07) is 4.39. The summed E-state index contributed by atoms with van der Waals surface area (Å²) in [5, 5.41) is 6.80. The molecule has 0 bridgehead atoms. The smallest absolute Gasteiger partial charge is 0.225 e. The molecule has 1 aromatic heterocycles. The monoisotopic (exact) mass is 533 g/mol. The second-order valence-corrected chi connectivity index (χ2v) is 8.98. The lowest BCUT2D eigenvalue weighted by atomic mass is 10.1. The van der Waals surface area contributed by atoms with E-state index < -0.39 is 0 Å². The van der Waals surface area contributed by atoms with E-state index in [0.29, 0.717) is 11.8 Å². The fourth-order valence-corrected chi connectivity index (χ4v) is 4.95. The van der Waals surface area contributed by atoms with Crippen molar-refractivity contribution in [3.05, 3.63) is 21.9 Å². The van der Waals surface area contributed by atoms with Crippen molar-refractivity contribution < 1.29 is 4.79 Å². The fraction of sp³-hybridized carbons (Fsp3) is 0.714. The lowest BCUT2D eigenvalue weighted by molar-refractivity contribution is -0.137. The van der Waals surface area contributed by atoms with Gasteiger partial charge in [-0.3, -0.25) is 14.7 Å². The van der Waals surface area contributed by atoms with Gasteiger partial charge in [0.05, 0.1) is 6.54 Å². The average Bonchev–Trinajstić information content (AvgIpc) is 3.42. The second-order valence-electron chi connectivity index (χ2n) is 7.72. The predicted molar refractivity (Wildman–Crippen MR) is 132 cm³/mol. The van der Waals surface area contributed by atoms with Gasteiger partial charge >= 0.3 is 0 Å². The molecule has 2 heterocycles. The molecule has 0 radical (unpaired) electrons. The third-order valence-corrected chi connectivity index (χ3v) is 7.06. The summed E-state index contributed by atoms with van der Waals surface area (Å²) in [6.45, 7) is 8.54. The minimum absolute atomic E-state index is 0. The van der Waals surface area contributed by atoms with Crippen molar-refractivity contribution in [3.63, 3.8) is 0 Å². The summed E-state index contributed by atoms with van der Waals surface area (Å²) >= 11 is 1.86. The van der Waals surface area contributed by atoms with Crippen LogP contribution < -0.4 is 10.6 Å². The number of nitrogens with one attached hydrogen (secondary N) is 2. The van der Waals surface area contributed by atoms with Crippen LogP contribution in [0.2, 0.25) is 0 Å². The van der Waals surface area contributed by atoms with E-state index in [9.17, 15) is 4.79 Å². The number of aryl methyl sites for hydroxylation is 1. The van der Waals surface area contributed by atoms with E-state index in [1.165, 1.54) is 22.6 Å². The van der Waals surface area contributed by atoms with Crippen LogP contribution in [0.1, 0.15) is 42.4 Å². The largest absolute Gasteiger partial charge is 0.355 e. The van der Waals surface area contributed by atoms with Gasteiger partial charge < -0.3 is 15.5 Å². The zero-order chi connectivity index (χ0) is 19.8. The average molecular weight is 534 g/mol. The first kappa shape index (κ1) is 24.4. The number of rotatable bonds is 7. The number of amides is 1. The van der Waals surface area contributed by atoms with E-state index in [2.05, 4.69) is 44.5 Å². The third-order valence-electron chi connectivity index (χ3n) is 5.83. The Bertz CT molecular complexity index is 651. The van der Waals surface area contributed by atoms with Gasteiger partial charge in [0.25, 0.3) is 0 Å². The number of carbonyl (C=O) groups is 1. The normalized spacial score (nSPS) is 18.6. The summed E-state index contributed by atoms with van der Waals surface area (Å²) in [6.07, 6.45) is 5.74. The molecule has 8 heteroatoms. The molecular weight excluding hydrogens is 497 g/mol. The summed E-state index contributed by atoms with van der Waals surface area (Å²) < 4.78 is 0. The lowest BCUT2D eigenvalue weighted by Crippen LogP contribution is -2.51. The van der Waals surface area contributed by atoms with Gasteiger partial charge in [-0.1, -0.05) is 19.8 Å². The van der Waals surface area contributed by atoms with Crippen LogP contribution in [0.3, 0.4) is 0 Å². The number of aliphatic imine (C=N–C) groups is 1. The summed E-state index contributed by atoms with van der Waals surface area (Å²) in [4.78, 5) is 24.1. The molecule has 1 aliphatic carbocycles. The van der Waals surface area contributed by atoms with Gasteiger partial charge in [-0.05, 0) is 31.4 Å². The van der Waals surface area contributed by atoms with Crippen molar-refractivity contribution in [3.8, 4) is 0 Å². The van der Waals surface area contributed by atoms with Gasteiger partial charge in [-0.15, -0.1) is 35.3 Å². The van der Waals surface area contributed by atoms with Gasteiger partial charge in [-0.2, -0.15) is 0 Å². The maximum atomic E-state index is 12.5. The first-order chi connectivity index (χ1) is 13.7. The highest BCUT2D eigenvalue weighted by atomic mass is 127. The van der Waals surface area contributed by atoms with E-state index in [4.69, 9.17) is 0 Å². The van der Waals surface area contributed by atoms with Gasteiger partial charge in [0.2, 0.25) is 5.91 Å². The van der Waals surface area contributed by atoms with Crippen molar-refractivity contribution in [2.75, 3.05) is 46.3 Å². The highest BCUT2D eigenvalue weighted by Crippen LogP contribution is 2.26. The molecule has 164 valence electrons. The number of halogens is 1. The Morgan fingerprint density at radius 3 is 2.45 bits per heavy atom. The van der Waals surface area contributed by atoms with Gasteiger partial charge in [-0.25, -0.2) is 0 Å². The van der Waals surface area contributed by atoms with Crippen LogP contribution in [-0.2, 0) is 17.8 Å². The van der Waals surface area contributed by atoms with E-state index in [-0.39, 0.29) is 24.0 Å². The molecule has 0 atom stereocenters. The number of thiophene rings is 1. The molecule has 0 unspecified atom stereocenters. The molecule has 1 aromatic rings. The van der Waals surface area contributed by atoms with Crippen molar-refractivity contribution in [1.29, 1.82) is 0 Å². The molecule has 1 amide bonds. The molecule has 1 saturated carbocycles. The maximum absolute atomic E-state index is 12.5. The Hall–Kier alpha value is -0.870. The molecule has 2 N–H and O–H groups in total. The van der Waals surface area contributed by atoms with E-state index in [0.717, 1.165) is 71.0 Å². The Morgan fingerprint density at radius 2 is 1.83 bits per heavy atom. The van der Waals surface area contributed by atoms with E-state index >= 15 is 0 Å². The number of hydrogen-bond donors (Lipinski definition) is 2. The predicted octanol–water partition coefficient (Wildman–Crippen LogP) is 2.93. The molecular formula is C21H36IN5OS. The molecule has 1 aliphatic heterocycles. The number of carbonyl (C=O) groups excluding carboxylic acids is 1. The summed E-state index contributed by atoms with van der Waals surface area (Å²) in [5.41, 5.74) is 0. The number of guanidine groups is 1. The zero-order valence-electron chi connectivity index (χ0n) is 17.8. The van der Waals surface area contributed by atoms with Gasteiger partial charge in [0.1, 0.15) is 0 Å². The molecule has 1 saturated heterocycles. The van der Waals surface area contributed by atoms with Crippen LogP contribution in [-0.4, -0.2) is 68.0 Å². The van der Waals surface area contributed by atoms with Crippen molar-refractivity contribution in [1.82, 2.24) is 20.4 Å². The van der Waals surface area contributed by atoms with Crippen LogP contribution in [0.4, 0.5) is 0 Å². The highest BCUT2D eigenvalue weighted by Gasteiger charge is 2.29. The van der Waals surface area contributed by atoms with Crippen LogP contribution >= 0.6 is 35.3 Å². The molecule has 3 rings (SSSR count). The second kappa shape index (κ2) is 12.7. The van der Waals surface area contributed by atoms with Crippen molar-refractivity contribution in [2.24, 2.45) is 10.9 Å². The van der Waals surface area contributed by atoms with Crippen molar-refractivity contribution >= 4 is 47.2 Å². The quantitative estimate of drug-likeness (QED) is 0.322. The van der Waals surface area contributed by atoms with Crippen LogP contribution in [0, 0.1) is 5.92 Å². The maximum Gasteiger partial charge on any atom is 0.225 e. The first-order valence-corrected chi connectivity index (χ1v) is 11.5.